The Labute approximate surface area is 112 Å². The molecular weight excluding hydrogens is 252 g/mol. The summed E-state index contributed by atoms with van der Waals surface area (Å²) in [5.41, 5.74) is 0. The number of esters is 1. The van der Waals surface area contributed by atoms with Gasteiger partial charge < -0.3 is 14.9 Å². The highest BCUT2D eigenvalue weighted by Crippen LogP contribution is 2.09. The molecule has 0 aliphatic carbocycles. The first-order chi connectivity index (χ1) is 8.99. The van der Waals surface area contributed by atoms with E-state index in [0.717, 1.165) is 25.7 Å². The third-order valence-corrected chi connectivity index (χ3v) is 2.70. The summed E-state index contributed by atoms with van der Waals surface area (Å²) < 4.78 is 4.79. The quantitative estimate of drug-likeness (QED) is 0.340. The highest BCUT2D eigenvalue weighted by Gasteiger charge is 2.30. The molecule has 0 aromatic heterocycles. The molecule has 0 fully saturated rings. The van der Waals surface area contributed by atoms with E-state index in [2.05, 4.69) is 6.92 Å². The predicted octanol–water partition coefficient (Wildman–Crippen LogP) is 2.07. The van der Waals surface area contributed by atoms with Gasteiger partial charge in [-0.15, -0.1) is 0 Å². The number of aliphatic carboxylic acids is 2. The molecule has 19 heavy (non-hydrogen) atoms. The van der Waals surface area contributed by atoms with Crippen LogP contribution in [0.5, 0.6) is 0 Å². The number of carbonyl (C=O) groups is 3. The molecule has 0 aromatic rings. The number of carboxylic acid groups (broad SMARTS) is 2. The molecule has 0 aliphatic heterocycles. The molecule has 2 N–H and O–H groups in total. The number of unbranched alkanes of at least 4 members (excludes halogenated alkanes) is 5. The summed E-state index contributed by atoms with van der Waals surface area (Å²) in [6, 6.07) is 0. The van der Waals surface area contributed by atoms with Gasteiger partial charge in [-0.05, 0) is 6.42 Å². The molecule has 6 nitrogen and oxygen atoms in total. The minimum atomic E-state index is -1.61. The second-order valence-corrected chi connectivity index (χ2v) is 4.42. The van der Waals surface area contributed by atoms with E-state index in [1.165, 1.54) is 6.42 Å². The zero-order valence-corrected chi connectivity index (χ0v) is 11.3. The molecule has 1 atom stereocenters. The van der Waals surface area contributed by atoms with Gasteiger partial charge in [0.2, 0.25) is 0 Å². The van der Waals surface area contributed by atoms with Crippen LogP contribution in [-0.2, 0) is 19.1 Å². The molecular formula is C13H22O6. The molecule has 110 valence electrons. The normalized spacial score (nSPS) is 11.8. The molecule has 0 rings (SSSR count). The Kier molecular flexibility index (Phi) is 9.48. The van der Waals surface area contributed by atoms with Gasteiger partial charge in [0.25, 0.3) is 0 Å². The zero-order chi connectivity index (χ0) is 14.7. The van der Waals surface area contributed by atoms with E-state index in [9.17, 15) is 14.4 Å². The second kappa shape index (κ2) is 10.3. The monoisotopic (exact) mass is 274 g/mol. The number of hydrogen-bond acceptors (Lipinski definition) is 4. The number of carboxylic acids is 2. The van der Waals surface area contributed by atoms with Crippen LogP contribution < -0.4 is 0 Å². The first-order valence-electron chi connectivity index (χ1n) is 6.60. The average Bonchev–Trinajstić information content (AvgIpc) is 2.34. The van der Waals surface area contributed by atoms with Crippen molar-refractivity contribution in [1.82, 2.24) is 0 Å². The van der Waals surface area contributed by atoms with Gasteiger partial charge in [-0.1, -0.05) is 39.0 Å². The van der Waals surface area contributed by atoms with Gasteiger partial charge in [0.1, 0.15) is 0 Å². The number of ether oxygens (including phenoxy) is 1. The van der Waals surface area contributed by atoms with E-state index in [1.54, 1.807) is 0 Å². The van der Waals surface area contributed by atoms with Crippen molar-refractivity contribution >= 4 is 17.9 Å². The lowest BCUT2D eigenvalue weighted by molar-refractivity contribution is -0.162. The van der Waals surface area contributed by atoms with Gasteiger partial charge in [-0.2, -0.15) is 0 Å². The summed E-state index contributed by atoms with van der Waals surface area (Å²) in [5.74, 6) is -5.37. The molecule has 0 radical (unpaired) electrons. The van der Waals surface area contributed by atoms with E-state index < -0.39 is 30.2 Å². The molecule has 0 heterocycles. The minimum Gasteiger partial charge on any atom is -0.481 e. The van der Waals surface area contributed by atoms with E-state index in [0.29, 0.717) is 6.42 Å². The summed E-state index contributed by atoms with van der Waals surface area (Å²) in [5, 5.41) is 17.2. The van der Waals surface area contributed by atoms with Gasteiger partial charge in [0.05, 0.1) is 13.0 Å². The molecule has 0 spiro atoms. The third-order valence-electron chi connectivity index (χ3n) is 2.70. The number of hydrogen-bond donors (Lipinski definition) is 2. The Morgan fingerprint density at radius 3 is 2.11 bits per heavy atom. The van der Waals surface area contributed by atoms with Crippen LogP contribution >= 0.6 is 0 Å². The maximum Gasteiger partial charge on any atom is 0.320 e. The summed E-state index contributed by atoms with van der Waals surface area (Å²) in [4.78, 5) is 32.5. The van der Waals surface area contributed by atoms with Crippen molar-refractivity contribution in [3.05, 3.63) is 0 Å². The van der Waals surface area contributed by atoms with Crippen molar-refractivity contribution in [2.45, 2.75) is 51.9 Å². The fraction of sp³-hybridized carbons (Fsp3) is 0.769. The lowest BCUT2D eigenvalue weighted by Gasteiger charge is -2.10. The lowest BCUT2D eigenvalue weighted by Crippen LogP contribution is -2.28. The van der Waals surface area contributed by atoms with Crippen LogP contribution in [-0.4, -0.2) is 34.7 Å². The number of rotatable bonds is 11. The Morgan fingerprint density at radius 2 is 1.58 bits per heavy atom. The second-order valence-electron chi connectivity index (χ2n) is 4.42. The highest BCUT2D eigenvalue weighted by molar-refractivity contribution is 5.96. The average molecular weight is 274 g/mol. The Bertz CT molecular complexity index is 300. The first-order valence-corrected chi connectivity index (χ1v) is 6.60. The molecule has 1 unspecified atom stereocenters. The Hall–Kier alpha value is -1.59. The van der Waals surface area contributed by atoms with Crippen molar-refractivity contribution < 1.29 is 29.3 Å². The van der Waals surface area contributed by atoms with Crippen molar-refractivity contribution in [2.24, 2.45) is 5.92 Å². The van der Waals surface area contributed by atoms with Crippen LogP contribution in [0.4, 0.5) is 0 Å². The summed E-state index contributed by atoms with van der Waals surface area (Å²) in [6.07, 6.45) is 5.39. The number of carbonyl (C=O) groups excluding carboxylic acids is 1. The van der Waals surface area contributed by atoms with Gasteiger partial charge in [0.15, 0.2) is 5.92 Å². The van der Waals surface area contributed by atoms with Crippen LogP contribution in [0.1, 0.15) is 51.9 Å². The first kappa shape index (κ1) is 17.4. The van der Waals surface area contributed by atoms with Crippen LogP contribution in [0.25, 0.3) is 0 Å². The Morgan fingerprint density at radius 1 is 1.00 bits per heavy atom. The SMILES string of the molecule is CCCCCCCCOC(=O)C(CC(=O)O)C(=O)O. The van der Waals surface area contributed by atoms with E-state index in [4.69, 9.17) is 14.9 Å². The van der Waals surface area contributed by atoms with Gasteiger partial charge in [0, 0.05) is 0 Å². The van der Waals surface area contributed by atoms with E-state index in [1.807, 2.05) is 0 Å². The zero-order valence-electron chi connectivity index (χ0n) is 11.3. The molecule has 0 amide bonds. The lowest BCUT2D eigenvalue weighted by atomic mass is 10.1. The molecule has 0 aliphatic rings. The van der Waals surface area contributed by atoms with E-state index >= 15 is 0 Å². The van der Waals surface area contributed by atoms with Crippen molar-refractivity contribution in [2.75, 3.05) is 6.61 Å². The largest absolute Gasteiger partial charge is 0.481 e. The fourth-order valence-corrected chi connectivity index (χ4v) is 1.60. The molecule has 0 saturated carbocycles. The van der Waals surface area contributed by atoms with Crippen LogP contribution in [0.3, 0.4) is 0 Å². The van der Waals surface area contributed by atoms with Crippen LogP contribution in [0.15, 0.2) is 0 Å². The molecule has 0 aromatic carbocycles. The standard InChI is InChI=1S/C13H22O6/c1-2-3-4-5-6-7-8-19-13(18)10(12(16)17)9-11(14)15/h10H,2-9H2,1H3,(H,14,15)(H,16,17). The fourth-order valence-electron chi connectivity index (χ4n) is 1.60. The third kappa shape index (κ3) is 9.04. The minimum absolute atomic E-state index is 0.147. The maximum absolute atomic E-state index is 11.4. The van der Waals surface area contributed by atoms with Crippen molar-refractivity contribution in [3.63, 3.8) is 0 Å². The van der Waals surface area contributed by atoms with Gasteiger partial charge in [-0.25, -0.2) is 0 Å². The van der Waals surface area contributed by atoms with Gasteiger partial charge in [-0.3, -0.25) is 14.4 Å². The highest BCUT2D eigenvalue weighted by atomic mass is 16.5. The van der Waals surface area contributed by atoms with Crippen molar-refractivity contribution in [3.8, 4) is 0 Å². The van der Waals surface area contributed by atoms with Gasteiger partial charge >= 0.3 is 17.9 Å². The molecule has 0 saturated heterocycles. The van der Waals surface area contributed by atoms with Crippen LogP contribution in [0, 0.1) is 5.92 Å². The summed E-state index contributed by atoms with van der Waals surface area (Å²) >= 11 is 0. The summed E-state index contributed by atoms with van der Waals surface area (Å²) in [7, 11) is 0. The summed E-state index contributed by atoms with van der Waals surface area (Å²) in [6.45, 7) is 2.27. The topological polar surface area (TPSA) is 101 Å². The molecule has 0 bridgehead atoms. The smallest absolute Gasteiger partial charge is 0.320 e. The van der Waals surface area contributed by atoms with Crippen molar-refractivity contribution in [1.29, 1.82) is 0 Å². The molecule has 6 heteroatoms. The maximum atomic E-state index is 11.4. The van der Waals surface area contributed by atoms with E-state index in [-0.39, 0.29) is 6.61 Å². The predicted molar refractivity (Wildman–Crippen MR) is 67.7 cm³/mol. The van der Waals surface area contributed by atoms with Crippen LogP contribution in [0.2, 0.25) is 0 Å². The Balaban J connectivity index is 3.81.